The van der Waals surface area contributed by atoms with Crippen molar-refractivity contribution in [2.45, 2.75) is 38.3 Å². The number of pyridine rings is 1. The normalized spacial score (nSPS) is 17.2. The average Bonchev–Trinajstić information content (AvgIpc) is 2.75. The molecule has 4 heteroatoms. The van der Waals surface area contributed by atoms with Crippen molar-refractivity contribution in [3.05, 3.63) is 28.0 Å². The first kappa shape index (κ1) is 12.2. The van der Waals surface area contributed by atoms with Gasteiger partial charge in [-0.1, -0.05) is 36.0 Å². The van der Waals surface area contributed by atoms with Crippen LogP contribution in [0.25, 0.3) is 0 Å². The fraction of sp³-hybridized carbons (Fsp3) is 0.583. The second kappa shape index (κ2) is 5.35. The lowest BCUT2D eigenvalue weighted by molar-refractivity contribution is 0.237. The SMILES string of the molecule is CN(Cc1cnc(Cl)cc1Cl)C1CCCC1. The summed E-state index contributed by atoms with van der Waals surface area (Å²) in [5.41, 5.74) is 1.06. The zero-order valence-corrected chi connectivity index (χ0v) is 10.9. The summed E-state index contributed by atoms with van der Waals surface area (Å²) in [4.78, 5) is 6.44. The van der Waals surface area contributed by atoms with E-state index in [4.69, 9.17) is 23.2 Å². The van der Waals surface area contributed by atoms with Gasteiger partial charge in [-0.15, -0.1) is 0 Å². The van der Waals surface area contributed by atoms with E-state index in [-0.39, 0.29) is 0 Å². The summed E-state index contributed by atoms with van der Waals surface area (Å²) < 4.78 is 0. The van der Waals surface area contributed by atoms with Gasteiger partial charge in [-0.25, -0.2) is 4.98 Å². The zero-order chi connectivity index (χ0) is 11.5. The van der Waals surface area contributed by atoms with Crippen LogP contribution in [0.2, 0.25) is 10.2 Å². The summed E-state index contributed by atoms with van der Waals surface area (Å²) in [7, 11) is 2.15. The molecule has 0 spiro atoms. The number of hydrogen-bond donors (Lipinski definition) is 0. The monoisotopic (exact) mass is 258 g/mol. The third-order valence-corrected chi connectivity index (χ3v) is 3.82. The fourth-order valence-electron chi connectivity index (χ4n) is 2.29. The van der Waals surface area contributed by atoms with Gasteiger partial charge >= 0.3 is 0 Å². The highest BCUT2D eigenvalue weighted by Crippen LogP contribution is 2.25. The minimum Gasteiger partial charge on any atom is -0.299 e. The first-order valence-electron chi connectivity index (χ1n) is 5.67. The van der Waals surface area contributed by atoms with Crippen LogP contribution in [0.3, 0.4) is 0 Å². The summed E-state index contributed by atoms with van der Waals surface area (Å²) in [6, 6.07) is 2.41. The average molecular weight is 259 g/mol. The topological polar surface area (TPSA) is 16.1 Å². The summed E-state index contributed by atoms with van der Waals surface area (Å²) in [5, 5.41) is 1.17. The third-order valence-electron chi connectivity index (χ3n) is 3.26. The molecule has 0 atom stereocenters. The van der Waals surface area contributed by atoms with Gasteiger partial charge in [-0.2, -0.15) is 0 Å². The van der Waals surface area contributed by atoms with Crippen LogP contribution in [0.1, 0.15) is 31.2 Å². The standard InChI is InChI=1S/C12H16Cl2N2/c1-16(10-4-2-3-5-10)8-9-7-15-12(14)6-11(9)13/h6-7,10H,2-5,8H2,1H3. The first-order valence-corrected chi connectivity index (χ1v) is 6.42. The van der Waals surface area contributed by atoms with E-state index < -0.39 is 0 Å². The van der Waals surface area contributed by atoms with Gasteiger partial charge in [0, 0.05) is 29.4 Å². The summed E-state index contributed by atoms with van der Waals surface area (Å²) in [5.74, 6) is 0. The molecule has 1 saturated carbocycles. The van der Waals surface area contributed by atoms with Crippen LogP contribution in [-0.4, -0.2) is 23.0 Å². The van der Waals surface area contributed by atoms with Crippen molar-refractivity contribution in [3.8, 4) is 0 Å². The van der Waals surface area contributed by atoms with Crippen molar-refractivity contribution < 1.29 is 0 Å². The van der Waals surface area contributed by atoms with Gasteiger partial charge in [0.15, 0.2) is 0 Å². The molecule has 0 N–H and O–H groups in total. The fourth-order valence-corrected chi connectivity index (χ4v) is 2.72. The molecule has 0 aromatic carbocycles. The van der Waals surface area contributed by atoms with Gasteiger partial charge in [-0.05, 0) is 26.0 Å². The van der Waals surface area contributed by atoms with Crippen LogP contribution < -0.4 is 0 Å². The highest BCUT2D eigenvalue weighted by molar-refractivity contribution is 6.34. The Labute approximate surface area is 107 Å². The molecular weight excluding hydrogens is 243 g/mol. The smallest absolute Gasteiger partial charge is 0.130 e. The Morgan fingerprint density at radius 3 is 2.69 bits per heavy atom. The second-order valence-corrected chi connectivity index (χ2v) is 5.25. The predicted molar refractivity (Wildman–Crippen MR) is 68.0 cm³/mol. The van der Waals surface area contributed by atoms with Crippen LogP contribution in [-0.2, 0) is 6.54 Å². The molecule has 1 aromatic rings. The third kappa shape index (κ3) is 2.88. The molecule has 1 aliphatic rings. The van der Waals surface area contributed by atoms with E-state index in [1.54, 1.807) is 12.3 Å². The van der Waals surface area contributed by atoms with Gasteiger partial charge in [0.1, 0.15) is 5.15 Å². The Hall–Kier alpha value is -0.310. The second-order valence-electron chi connectivity index (χ2n) is 4.45. The number of hydrogen-bond acceptors (Lipinski definition) is 2. The van der Waals surface area contributed by atoms with E-state index in [0.29, 0.717) is 16.2 Å². The minimum atomic E-state index is 0.456. The van der Waals surface area contributed by atoms with Gasteiger partial charge < -0.3 is 0 Å². The Morgan fingerprint density at radius 1 is 1.38 bits per heavy atom. The molecule has 1 aromatic heterocycles. The van der Waals surface area contributed by atoms with Gasteiger partial charge in [0.2, 0.25) is 0 Å². The van der Waals surface area contributed by atoms with Crippen molar-refractivity contribution in [2.75, 3.05) is 7.05 Å². The van der Waals surface area contributed by atoms with Crippen molar-refractivity contribution in [1.29, 1.82) is 0 Å². The molecule has 0 amide bonds. The van der Waals surface area contributed by atoms with Crippen LogP contribution in [0.5, 0.6) is 0 Å². The lowest BCUT2D eigenvalue weighted by atomic mass is 10.2. The van der Waals surface area contributed by atoms with Crippen molar-refractivity contribution in [2.24, 2.45) is 0 Å². The van der Waals surface area contributed by atoms with Crippen LogP contribution >= 0.6 is 23.2 Å². The van der Waals surface area contributed by atoms with E-state index in [1.807, 2.05) is 0 Å². The maximum absolute atomic E-state index is 6.13. The van der Waals surface area contributed by atoms with Crippen LogP contribution in [0.4, 0.5) is 0 Å². The Balaban J connectivity index is 2.02. The lowest BCUT2D eigenvalue weighted by Crippen LogP contribution is -2.28. The molecule has 0 unspecified atom stereocenters. The Bertz CT molecular complexity index is 362. The van der Waals surface area contributed by atoms with Crippen molar-refractivity contribution in [3.63, 3.8) is 0 Å². The molecule has 1 aliphatic carbocycles. The molecule has 0 saturated heterocycles. The maximum Gasteiger partial charge on any atom is 0.130 e. The molecule has 16 heavy (non-hydrogen) atoms. The van der Waals surface area contributed by atoms with Gasteiger partial charge in [-0.3, -0.25) is 4.90 Å². The zero-order valence-electron chi connectivity index (χ0n) is 9.42. The molecule has 2 nitrogen and oxygen atoms in total. The highest BCUT2D eigenvalue weighted by atomic mass is 35.5. The quantitative estimate of drug-likeness (QED) is 0.768. The van der Waals surface area contributed by atoms with Crippen molar-refractivity contribution >= 4 is 23.2 Å². The van der Waals surface area contributed by atoms with Gasteiger partial charge in [0.25, 0.3) is 0 Å². The molecule has 1 fully saturated rings. The van der Waals surface area contributed by atoms with E-state index in [1.165, 1.54) is 25.7 Å². The number of halogens is 2. The number of nitrogens with zero attached hydrogens (tertiary/aromatic N) is 2. The minimum absolute atomic E-state index is 0.456. The first-order chi connectivity index (χ1) is 7.66. The molecule has 88 valence electrons. The molecular formula is C12H16Cl2N2. The van der Waals surface area contributed by atoms with E-state index in [9.17, 15) is 0 Å². The van der Waals surface area contributed by atoms with E-state index in [0.717, 1.165) is 12.1 Å². The summed E-state index contributed by atoms with van der Waals surface area (Å²) in [6.07, 6.45) is 7.07. The molecule has 1 heterocycles. The Kier molecular flexibility index (Phi) is 4.06. The van der Waals surface area contributed by atoms with Crippen molar-refractivity contribution in [1.82, 2.24) is 9.88 Å². The molecule has 0 radical (unpaired) electrons. The van der Waals surface area contributed by atoms with Gasteiger partial charge in [0.05, 0.1) is 0 Å². The number of rotatable bonds is 3. The largest absolute Gasteiger partial charge is 0.299 e. The molecule has 0 bridgehead atoms. The predicted octanol–water partition coefficient (Wildman–Crippen LogP) is 3.76. The lowest BCUT2D eigenvalue weighted by Gasteiger charge is -2.24. The van der Waals surface area contributed by atoms with E-state index in [2.05, 4.69) is 16.9 Å². The van der Waals surface area contributed by atoms with Crippen LogP contribution in [0.15, 0.2) is 12.3 Å². The highest BCUT2D eigenvalue weighted by Gasteiger charge is 2.20. The summed E-state index contributed by atoms with van der Waals surface area (Å²) >= 11 is 11.9. The molecule has 0 aliphatic heterocycles. The Morgan fingerprint density at radius 2 is 2.06 bits per heavy atom. The number of aromatic nitrogens is 1. The summed E-state index contributed by atoms with van der Waals surface area (Å²) in [6.45, 7) is 0.855. The van der Waals surface area contributed by atoms with Crippen LogP contribution in [0, 0.1) is 0 Å². The molecule has 2 rings (SSSR count). The van der Waals surface area contributed by atoms with E-state index >= 15 is 0 Å². The maximum atomic E-state index is 6.13.